The first-order chi connectivity index (χ1) is 12.2. The third-order valence-electron chi connectivity index (χ3n) is 4.58. The summed E-state index contributed by atoms with van der Waals surface area (Å²) in [6.07, 6.45) is 4.14. The van der Waals surface area contributed by atoms with Gasteiger partial charge >= 0.3 is 0 Å². The Kier molecular flexibility index (Phi) is 4.48. The van der Waals surface area contributed by atoms with Gasteiger partial charge in [-0.2, -0.15) is 0 Å². The largest absolute Gasteiger partial charge is 0.326 e. The molecule has 4 nitrogen and oxygen atoms in total. The number of fused-ring (bicyclic) bond motifs is 1. The van der Waals surface area contributed by atoms with E-state index in [0.717, 1.165) is 27.8 Å². The van der Waals surface area contributed by atoms with Crippen molar-refractivity contribution in [3.05, 3.63) is 57.3 Å². The summed E-state index contributed by atoms with van der Waals surface area (Å²) < 4.78 is 0. The van der Waals surface area contributed by atoms with Gasteiger partial charge in [-0.15, -0.1) is 23.1 Å². The van der Waals surface area contributed by atoms with Crippen LogP contribution in [0.3, 0.4) is 0 Å². The number of pyridine rings is 1. The standard InChI is InChI=1S/C19H20N4S2/c1-11-10-15(25-12(11)2)17-19(20-3)23-18-13(6-4-8-21-18)16(22-17)14-7-5-9-24-14/h4-12,17H,1-3H3,(H,20,21,23). The second kappa shape index (κ2) is 6.77. The molecule has 3 unspecified atom stereocenters. The van der Waals surface area contributed by atoms with E-state index in [2.05, 4.69) is 58.8 Å². The zero-order valence-corrected chi connectivity index (χ0v) is 16.1. The highest BCUT2D eigenvalue weighted by Crippen LogP contribution is 2.40. The molecule has 1 N–H and O–H groups in total. The molecule has 0 bridgehead atoms. The number of hydrogen-bond acceptors (Lipinski definition) is 5. The third kappa shape index (κ3) is 3.04. The molecule has 0 saturated carbocycles. The highest BCUT2D eigenvalue weighted by Gasteiger charge is 2.32. The molecule has 2 aromatic rings. The van der Waals surface area contributed by atoms with Crippen molar-refractivity contribution in [2.24, 2.45) is 15.9 Å². The van der Waals surface area contributed by atoms with Crippen molar-refractivity contribution in [2.45, 2.75) is 25.1 Å². The number of thiophene rings is 1. The van der Waals surface area contributed by atoms with Gasteiger partial charge in [0, 0.05) is 29.0 Å². The van der Waals surface area contributed by atoms with Crippen molar-refractivity contribution in [3.8, 4) is 0 Å². The molecule has 0 fully saturated rings. The normalized spacial score (nSPS) is 27.3. The summed E-state index contributed by atoms with van der Waals surface area (Å²) in [5.41, 5.74) is 2.02. The van der Waals surface area contributed by atoms with Gasteiger partial charge in [0.05, 0.1) is 10.6 Å². The summed E-state index contributed by atoms with van der Waals surface area (Å²) in [7, 11) is 1.82. The molecular weight excluding hydrogens is 348 g/mol. The first-order valence-electron chi connectivity index (χ1n) is 8.36. The zero-order chi connectivity index (χ0) is 17.4. The fourth-order valence-electron chi connectivity index (χ4n) is 3.04. The summed E-state index contributed by atoms with van der Waals surface area (Å²) in [4.78, 5) is 16.6. The first kappa shape index (κ1) is 16.5. The zero-order valence-electron chi connectivity index (χ0n) is 14.4. The predicted molar refractivity (Wildman–Crippen MR) is 109 cm³/mol. The molecule has 2 aromatic heterocycles. The number of rotatable bonds is 2. The van der Waals surface area contributed by atoms with Crippen LogP contribution in [0.2, 0.25) is 0 Å². The van der Waals surface area contributed by atoms with Crippen LogP contribution in [0.15, 0.2) is 56.8 Å². The number of allylic oxidation sites excluding steroid dienone is 1. The molecule has 0 radical (unpaired) electrons. The minimum atomic E-state index is -0.103. The van der Waals surface area contributed by atoms with Crippen LogP contribution in [-0.4, -0.2) is 34.9 Å². The Balaban J connectivity index is 1.88. The van der Waals surface area contributed by atoms with Gasteiger partial charge in [0.15, 0.2) is 0 Å². The quantitative estimate of drug-likeness (QED) is 0.851. The summed E-state index contributed by atoms with van der Waals surface area (Å²) in [6, 6.07) is 8.11. The maximum Gasteiger partial charge on any atom is 0.140 e. The highest BCUT2D eigenvalue weighted by atomic mass is 32.2. The van der Waals surface area contributed by atoms with Crippen molar-refractivity contribution >= 4 is 40.5 Å². The number of anilines is 1. The van der Waals surface area contributed by atoms with Crippen molar-refractivity contribution < 1.29 is 0 Å². The molecular formula is C19H20N4S2. The van der Waals surface area contributed by atoms with Gasteiger partial charge in [0.2, 0.25) is 0 Å². The predicted octanol–water partition coefficient (Wildman–Crippen LogP) is 4.46. The van der Waals surface area contributed by atoms with Crippen LogP contribution in [0.1, 0.15) is 24.3 Å². The monoisotopic (exact) mass is 368 g/mol. The smallest absolute Gasteiger partial charge is 0.140 e. The van der Waals surface area contributed by atoms with Crippen molar-refractivity contribution in [1.82, 2.24) is 4.98 Å². The lowest BCUT2D eigenvalue weighted by atomic mass is 10.1. The van der Waals surface area contributed by atoms with Crippen LogP contribution in [0.25, 0.3) is 0 Å². The van der Waals surface area contributed by atoms with E-state index in [4.69, 9.17) is 4.99 Å². The summed E-state index contributed by atoms with van der Waals surface area (Å²) in [5.74, 6) is 2.22. The average molecular weight is 369 g/mol. The fourth-order valence-corrected chi connectivity index (χ4v) is 5.09. The Labute approximate surface area is 156 Å². The first-order valence-corrected chi connectivity index (χ1v) is 10.1. The Morgan fingerprint density at radius 2 is 2.08 bits per heavy atom. The highest BCUT2D eigenvalue weighted by molar-refractivity contribution is 8.04. The van der Waals surface area contributed by atoms with Crippen LogP contribution in [0.5, 0.6) is 0 Å². The molecule has 0 aliphatic carbocycles. The summed E-state index contributed by atoms with van der Waals surface area (Å²) in [5, 5.41) is 6.09. The number of nitrogens with one attached hydrogen (secondary N) is 1. The lowest BCUT2D eigenvalue weighted by Crippen LogP contribution is -2.27. The third-order valence-corrected chi connectivity index (χ3v) is 6.89. The number of aromatic nitrogens is 1. The van der Waals surface area contributed by atoms with Crippen LogP contribution < -0.4 is 5.32 Å². The maximum atomic E-state index is 5.17. The lowest BCUT2D eigenvalue weighted by molar-refractivity contribution is 0.727. The second-order valence-electron chi connectivity index (χ2n) is 6.24. The van der Waals surface area contributed by atoms with E-state index in [9.17, 15) is 0 Å². The molecule has 25 heavy (non-hydrogen) atoms. The van der Waals surface area contributed by atoms with Gasteiger partial charge in [-0.05, 0) is 29.5 Å². The molecule has 4 heterocycles. The molecule has 2 aliphatic heterocycles. The SMILES string of the molecule is CN=C1Nc2ncccc2C(c2cccs2)=NC1C1=CC(C)C(C)S1. The van der Waals surface area contributed by atoms with Crippen LogP contribution >= 0.6 is 23.1 Å². The minimum absolute atomic E-state index is 0.103. The molecule has 6 heteroatoms. The fraction of sp³-hybridized carbons (Fsp3) is 0.316. The number of aliphatic imine (C=N–C) groups is 2. The number of thioether (sulfide) groups is 1. The number of amidine groups is 1. The second-order valence-corrected chi connectivity index (χ2v) is 8.64. The van der Waals surface area contributed by atoms with Crippen LogP contribution in [0.4, 0.5) is 5.82 Å². The molecule has 2 aliphatic rings. The molecule has 4 rings (SSSR count). The van der Waals surface area contributed by atoms with E-state index < -0.39 is 0 Å². The van der Waals surface area contributed by atoms with Gasteiger partial charge in [0.1, 0.15) is 17.7 Å². The molecule has 3 atom stereocenters. The maximum absolute atomic E-state index is 5.17. The van der Waals surface area contributed by atoms with Gasteiger partial charge in [-0.3, -0.25) is 9.98 Å². The Morgan fingerprint density at radius 1 is 1.20 bits per heavy atom. The van der Waals surface area contributed by atoms with E-state index in [0.29, 0.717) is 11.2 Å². The Hall–Kier alpha value is -1.92. The number of hydrogen-bond donors (Lipinski definition) is 1. The number of nitrogens with zero attached hydrogens (tertiary/aromatic N) is 3. The average Bonchev–Trinajstić information content (AvgIpc) is 3.22. The van der Waals surface area contributed by atoms with Crippen molar-refractivity contribution in [3.63, 3.8) is 0 Å². The molecule has 0 spiro atoms. The van der Waals surface area contributed by atoms with Crippen molar-refractivity contribution in [2.75, 3.05) is 12.4 Å². The van der Waals surface area contributed by atoms with Gasteiger partial charge in [-0.25, -0.2) is 4.98 Å². The summed E-state index contributed by atoms with van der Waals surface area (Å²) in [6.45, 7) is 4.53. The van der Waals surface area contributed by atoms with E-state index in [1.807, 2.05) is 24.9 Å². The van der Waals surface area contributed by atoms with Crippen molar-refractivity contribution in [1.29, 1.82) is 0 Å². The summed E-state index contributed by atoms with van der Waals surface area (Å²) >= 11 is 3.61. The topological polar surface area (TPSA) is 49.6 Å². The van der Waals surface area contributed by atoms with E-state index in [1.54, 1.807) is 17.5 Å². The minimum Gasteiger partial charge on any atom is -0.326 e. The van der Waals surface area contributed by atoms with Crippen LogP contribution in [-0.2, 0) is 0 Å². The van der Waals surface area contributed by atoms with E-state index in [-0.39, 0.29) is 6.04 Å². The Bertz CT molecular complexity index is 867. The lowest BCUT2D eigenvalue weighted by Gasteiger charge is -2.16. The molecule has 128 valence electrons. The van der Waals surface area contributed by atoms with Gasteiger partial charge in [0.25, 0.3) is 0 Å². The van der Waals surface area contributed by atoms with E-state index in [1.165, 1.54) is 4.91 Å². The van der Waals surface area contributed by atoms with Gasteiger partial charge < -0.3 is 5.32 Å². The molecule has 0 saturated heterocycles. The van der Waals surface area contributed by atoms with E-state index >= 15 is 0 Å². The molecule has 0 aromatic carbocycles. The van der Waals surface area contributed by atoms with Gasteiger partial charge in [-0.1, -0.05) is 26.0 Å². The Morgan fingerprint density at radius 3 is 2.76 bits per heavy atom. The molecule has 0 amide bonds. The van der Waals surface area contributed by atoms with Crippen LogP contribution in [0, 0.1) is 5.92 Å².